The lowest BCUT2D eigenvalue weighted by atomic mass is 10.3. The molecule has 17 heavy (non-hydrogen) atoms. The van der Waals surface area contributed by atoms with Gasteiger partial charge in [0.05, 0.1) is 18.4 Å². The third-order valence-electron chi connectivity index (χ3n) is 1.98. The van der Waals surface area contributed by atoms with Crippen LogP contribution in [-0.4, -0.2) is 33.1 Å². The summed E-state index contributed by atoms with van der Waals surface area (Å²) in [7, 11) is -2.48. The van der Waals surface area contributed by atoms with Crippen LogP contribution in [-0.2, 0) is 19.6 Å². The van der Waals surface area contributed by atoms with Gasteiger partial charge in [-0.2, -0.15) is 0 Å². The number of methoxy groups -OCH3 is 1. The molecule has 0 amide bonds. The van der Waals surface area contributed by atoms with Crippen LogP contribution < -0.4 is 4.72 Å². The number of hydrogen-bond donors (Lipinski definition) is 2. The predicted molar refractivity (Wildman–Crippen MR) is 59.9 cm³/mol. The molecule has 0 atom stereocenters. The molecule has 0 saturated carbocycles. The number of aromatic hydroxyl groups is 1. The molecule has 0 fully saturated rings. The summed E-state index contributed by atoms with van der Waals surface area (Å²) < 4.78 is 30.0. The van der Waals surface area contributed by atoms with Crippen LogP contribution in [0.4, 0.5) is 0 Å². The van der Waals surface area contributed by atoms with Gasteiger partial charge in [-0.1, -0.05) is 6.07 Å². The summed E-state index contributed by atoms with van der Waals surface area (Å²) >= 11 is 0. The van der Waals surface area contributed by atoms with Crippen molar-refractivity contribution in [2.75, 3.05) is 13.7 Å². The maximum Gasteiger partial charge on any atom is 0.306 e. The number of carbonyl (C=O) groups is 1. The van der Waals surface area contributed by atoms with Crippen molar-refractivity contribution < 1.29 is 23.1 Å². The minimum atomic E-state index is -3.70. The summed E-state index contributed by atoms with van der Waals surface area (Å²) in [6.07, 6.45) is -0.0471. The normalized spacial score (nSPS) is 11.1. The Kier molecular flexibility index (Phi) is 4.47. The molecular weight excluding hydrogens is 246 g/mol. The monoisotopic (exact) mass is 259 g/mol. The Morgan fingerprint density at radius 2 is 2.18 bits per heavy atom. The molecule has 0 radical (unpaired) electrons. The molecule has 0 spiro atoms. The van der Waals surface area contributed by atoms with Crippen molar-refractivity contribution >= 4 is 16.0 Å². The molecule has 0 heterocycles. The Morgan fingerprint density at radius 1 is 1.47 bits per heavy atom. The second-order valence-corrected chi connectivity index (χ2v) is 4.99. The first kappa shape index (κ1) is 13.5. The summed E-state index contributed by atoms with van der Waals surface area (Å²) in [6.45, 7) is -0.0509. The van der Waals surface area contributed by atoms with Crippen LogP contribution in [0.25, 0.3) is 0 Å². The Morgan fingerprint density at radius 3 is 2.76 bits per heavy atom. The molecule has 0 aliphatic carbocycles. The highest BCUT2D eigenvalue weighted by molar-refractivity contribution is 7.89. The highest BCUT2D eigenvalue weighted by Gasteiger charge is 2.14. The summed E-state index contributed by atoms with van der Waals surface area (Å²) in [5.74, 6) is -0.635. The number of phenols is 1. The van der Waals surface area contributed by atoms with Gasteiger partial charge in [-0.3, -0.25) is 4.79 Å². The summed E-state index contributed by atoms with van der Waals surface area (Å²) in [5.41, 5.74) is 0. The van der Waals surface area contributed by atoms with E-state index in [9.17, 15) is 13.2 Å². The van der Waals surface area contributed by atoms with Gasteiger partial charge in [-0.25, -0.2) is 13.1 Å². The first-order valence-electron chi connectivity index (χ1n) is 4.81. The highest BCUT2D eigenvalue weighted by atomic mass is 32.2. The SMILES string of the molecule is COC(=O)CCNS(=O)(=O)c1cccc(O)c1. The second-order valence-electron chi connectivity index (χ2n) is 3.22. The summed E-state index contributed by atoms with van der Waals surface area (Å²) in [6, 6.07) is 5.26. The fourth-order valence-electron chi connectivity index (χ4n) is 1.12. The number of sulfonamides is 1. The molecule has 6 nitrogen and oxygen atoms in total. The number of carbonyl (C=O) groups excluding carboxylic acids is 1. The van der Waals surface area contributed by atoms with Crippen molar-refractivity contribution in [1.82, 2.24) is 4.72 Å². The van der Waals surface area contributed by atoms with Crippen LogP contribution in [0.1, 0.15) is 6.42 Å². The van der Waals surface area contributed by atoms with Crippen molar-refractivity contribution in [2.45, 2.75) is 11.3 Å². The van der Waals surface area contributed by atoms with E-state index in [-0.39, 0.29) is 23.6 Å². The van der Waals surface area contributed by atoms with Crippen molar-refractivity contribution in [2.24, 2.45) is 0 Å². The lowest BCUT2D eigenvalue weighted by Crippen LogP contribution is -2.26. The van der Waals surface area contributed by atoms with Gasteiger partial charge < -0.3 is 9.84 Å². The number of benzene rings is 1. The highest BCUT2D eigenvalue weighted by Crippen LogP contribution is 2.15. The first-order chi connectivity index (χ1) is 7.95. The zero-order valence-electron chi connectivity index (χ0n) is 9.21. The van der Waals surface area contributed by atoms with Crippen LogP contribution >= 0.6 is 0 Å². The number of phenolic OH excluding ortho intramolecular Hbond substituents is 1. The Balaban J connectivity index is 2.66. The number of hydrogen-bond acceptors (Lipinski definition) is 5. The maximum absolute atomic E-state index is 11.7. The average molecular weight is 259 g/mol. The molecule has 0 bridgehead atoms. The van der Waals surface area contributed by atoms with E-state index in [4.69, 9.17) is 5.11 Å². The number of esters is 1. The van der Waals surface area contributed by atoms with Gasteiger partial charge in [0.1, 0.15) is 5.75 Å². The quantitative estimate of drug-likeness (QED) is 0.739. The van der Waals surface area contributed by atoms with Crippen LogP contribution in [0.5, 0.6) is 5.75 Å². The molecule has 2 N–H and O–H groups in total. The van der Waals surface area contributed by atoms with Gasteiger partial charge in [0.2, 0.25) is 10.0 Å². The van der Waals surface area contributed by atoms with Crippen molar-refractivity contribution in [3.8, 4) is 5.75 Å². The molecule has 1 rings (SSSR count). The first-order valence-corrected chi connectivity index (χ1v) is 6.29. The van der Waals surface area contributed by atoms with E-state index in [1.165, 1.54) is 25.3 Å². The van der Waals surface area contributed by atoms with E-state index in [1.54, 1.807) is 0 Å². The molecule has 0 unspecified atom stereocenters. The number of rotatable bonds is 5. The molecule has 0 aliphatic rings. The van der Waals surface area contributed by atoms with Gasteiger partial charge in [0.15, 0.2) is 0 Å². The number of nitrogens with one attached hydrogen (secondary N) is 1. The van der Waals surface area contributed by atoms with Crippen LogP contribution in [0.2, 0.25) is 0 Å². The molecule has 0 saturated heterocycles. The van der Waals surface area contributed by atoms with Crippen molar-refractivity contribution in [1.29, 1.82) is 0 Å². The molecule has 7 heteroatoms. The zero-order valence-corrected chi connectivity index (χ0v) is 10.0. The lowest BCUT2D eigenvalue weighted by Gasteiger charge is -2.06. The molecule has 1 aromatic carbocycles. The molecule has 1 aromatic rings. The van der Waals surface area contributed by atoms with Gasteiger partial charge in [-0.15, -0.1) is 0 Å². The molecule has 0 aliphatic heterocycles. The fourth-order valence-corrected chi connectivity index (χ4v) is 2.19. The van der Waals surface area contributed by atoms with Crippen LogP contribution in [0.3, 0.4) is 0 Å². The van der Waals surface area contributed by atoms with Gasteiger partial charge >= 0.3 is 5.97 Å². The lowest BCUT2D eigenvalue weighted by molar-refractivity contribution is -0.140. The van der Waals surface area contributed by atoms with E-state index >= 15 is 0 Å². The summed E-state index contributed by atoms with van der Waals surface area (Å²) in [5, 5.41) is 9.16. The standard InChI is InChI=1S/C10H13NO5S/c1-16-10(13)5-6-11-17(14,15)9-4-2-3-8(12)7-9/h2-4,7,11-12H,5-6H2,1H3. The maximum atomic E-state index is 11.7. The second kappa shape index (κ2) is 5.65. The van der Waals surface area contributed by atoms with E-state index in [0.29, 0.717) is 0 Å². The minimum Gasteiger partial charge on any atom is -0.508 e. The predicted octanol–water partition coefficient (Wildman–Crippen LogP) is 0.234. The zero-order chi connectivity index (χ0) is 12.9. The fraction of sp³-hybridized carbons (Fsp3) is 0.300. The van der Waals surface area contributed by atoms with Crippen molar-refractivity contribution in [3.63, 3.8) is 0 Å². The van der Waals surface area contributed by atoms with Gasteiger partial charge in [0, 0.05) is 6.54 Å². The molecule has 94 valence electrons. The third kappa shape index (κ3) is 4.04. The largest absolute Gasteiger partial charge is 0.508 e. The van der Waals surface area contributed by atoms with Gasteiger partial charge in [-0.05, 0) is 18.2 Å². The van der Waals surface area contributed by atoms with E-state index in [0.717, 1.165) is 6.07 Å². The smallest absolute Gasteiger partial charge is 0.306 e. The average Bonchev–Trinajstić information content (AvgIpc) is 2.28. The topological polar surface area (TPSA) is 92.7 Å². The number of ether oxygens (including phenoxy) is 1. The van der Waals surface area contributed by atoms with Crippen LogP contribution in [0.15, 0.2) is 29.2 Å². The Labute approximate surface area is 99.3 Å². The van der Waals surface area contributed by atoms with Crippen LogP contribution in [0, 0.1) is 0 Å². The van der Waals surface area contributed by atoms with E-state index in [1.807, 2.05) is 0 Å². The third-order valence-corrected chi connectivity index (χ3v) is 3.44. The van der Waals surface area contributed by atoms with E-state index < -0.39 is 16.0 Å². The molecule has 0 aromatic heterocycles. The Hall–Kier alpha value is -1.60. The van der Waals surface area contributed by atoms with E-state index in [2.05, 4.69) is 9.46 Å². The van der Waals surface area contributed by atoms with Gasteiger partial charge in [0.25, 0.3) is 0 Å². The molecular formula is C10H13NO5S. The summed E-state index contributed by atoms with van der Waals surface area (Å²) in [4.78, 5) is 10.7. The van der Waals surface area contributed by atoms with Crippen molar-refractivity contribution in [3.05, 3.63) is 24.3 Å². The Bertz CT molecular complexity index is 497. The minimum absolute atomic E-state index is 0.0471.